The Bertz CT molecular complexity index is 1130. The molecular formula is C23H24ClN3S. The van der Waals surface area contributed by atoms with E-state index < -0.39 is 0 Å². The molecule has 4 rings (SSSR count). The number of fused-ring (bicyclic) bond motifs is 2. The molecule has 0 saturated carbocycles. The molecule has 1 aromatic heterocycles. The number of aryl methyl sites for hydroxylation is 1. The number of aromatic nitrogens is 1. The molecular weight excluding hydrogens is 386 g/mol. The second kappa shape index (κ2) is 8.08. The van der Waals surface area contributed by atoms with Crippen molar-refractivity contribution in [3.63, 3.8) is 0 Å². The fraction of sp³-hybridized carbons (Fsp3) is 0.217. The van der Waals surface area contributed by atoms with E-state index in [9.17, 15) is 0 Å². The van der Waals surface area contributed by atoms with Crippen molar-refractivity contribution in [1.82, 2.24) is 9.47 Å². The summed E-state index contributed by atoms with van der Waals surface area (Å²) in [5, 5.41) is 4.36. The van der Waals surface area contributed by atoms with Crippen molar-refractivity contribution in [3.05, 3.63) is 71.4 Å². The van der Waals surface area contributed by atoms with E-state index in [2.05, 4.69) is 84.0 Å². The minimum atomic E-state index is 0.793. The maximum Gasteiger partial charge on any atom is 0.0484 e. The van der Waals surface area contributed by atoms with Gasteiger partial charge in [0.2, 0.25) is 0 Å². The Hall–Kier alpha value is -2.14. The first-order chi connectivity index (χ1) is 13.5. The number of halogens is 1. The summed E-state index contributed by atoms with van der Waals surface area (Å²) in [4.78, 5) is 3.39. The highest BCUT2D eigenvalue weighted by atomic mass is 35.5. The molecule has 4 aromatic rings. The van der Waals surface area contributed by atoms with Gasteiger partial charge in [-0.15, -0.1) is 0 Å². The third-order valence-electron chi connectivity index (χ3n) is 4.99. The van der Waals surface area contributed by atoms with Gasteiger partial charge in [-0.05, 0) is 79.8 Å². The Labute approximate surface area is 175 Å². The van der Waals surface area contributed by atoms with Gasteiger partial charge in [0.05, 0.1) is 0 Å². The van der Waals surface area contributed by atoms with E-state index in [1.807, 2.05) is 12.1 Å². The van der Waals surface area contributed by atoms with Crippen LogP contribution >= 0.6 is 23.5 Å². The van der Waals surface area contributed by atoms with Crippen molar-refractivity contribution in [3.8, 4) is 0 Å². The molecule has 0 atom stereocenters. The number of benzene rings is 3. The molecule has 0 radical (unpaired) electrons. The summed E-state index contributed by atoms with van der Waals surface area (Å²) >= 11 is 7.90. The van der Waals surface area contributed by atoms with Crippen LogP contribution in [0.25, 0.3) is 21.7 Å². The number of anilines is 1. The molecule has 0 aliphatic heterocycles. The maximum absolute atomic E-state index is 6.27. The minimum absolute atomic E-state index is 0.793. The third kappa shape index (κ3) is 4.00. The first kappa shape index (κ1) is 19.2. The van der Waals surface area contributed by atoms with Gasteiger partial charge in [-0.1, -0.05) is 29.8 Å². The van der Waals surface area contributed by atoms with Crippen LogP contribution in [-0.2, 0) is 13.5 Å². The molecule has 5 heteroatoms. The number of hydrogen-bond donors (Lipinski definition) is 1. The van der Waals surface area contributed by atoms with Crippen LogP contribution in [0.4, 0.5) is 5.69 Å². The highest BCUT2D eigenvalue weighted by Gasteiger charge is 2.08. The number of likely N-dealkylation sites (N-methyl/N-ethyl adjacent to an activating group) is 1. The number of rotatable bonds is 6. The van der Waals surface area contributed by atoms with Crippen molar-refractivity contribution in [2.75, 3.05) is 25.4 Å². The summed E-state index contributed by atoms with van der Waals surface area (Å²) in [6.07, 6.45) is 3.30. The predicted octanol–water partition coefficient (Wildman–Crippen LogP) is 6.21. The SMILES string of the molecule is CN(C)CCc1cn(C)c2ccc(NSc3ccc4c(Cl)cccc4c3)cc12. The van der Waals surface area contributed by atoms with Gasteiger partial charge in [-0.3, -0.25) is 0 Å². The largest absolute Gasteiger partial charge is 0.350 e. The number of hydrogen-bond acceptors (Lipinski definition) is 3. The third-order valence-corrected chi connectivity index (χ3v) is 6.14. The quantitative estimate of drug-likeness (QED) is 0.382. The van der Waals surface area contributed by atoms with E-state index in [0.29, 0.717) is 0 Å². The van der Waals surface area contributed by atoms with Crippen LogP contribution in [0.15, 0.2) is 65.7 Å². The van der Waals surface area contributed by atoms with E-state index in [-0.39, 0.29) is 0 Å². The Balaban J connectivity index is 1.55. The van der Waals surface area contributed by atoms with Crippen LogP contribution in [0.3, 0.4) is 0 Å². The zero-order valence-corrected chi connectivity index (χ0v) is 17.9. The lowest BCUT2D eigenvalue weighted by molar-refractivity contribution is 0.414. The summed E-state index contributed by atoms with van der Waals surface area (Å²) in [5.74, 6) is 0. The molecule has 1 heterocycles. The van der Waals surface area contributed by atoms with Gasteiger partial charge in [-0.2, -0.15) is 0 Å². The minimum Gasteiger partial charge on any atom is -0.350 e. The van der Waals surface area contributed by atoms with Crippen LogP contribution < -0.4 is 4.72 Å². The number of nitrogens with one attached hydrogen (secondary N) is 1. The molecule has 0 amide bonds. The van der Waals surface area contributed by atoms with Crippen molar-refractivity contribution in [1.29, 1.82) is 0 Å². The van der Waals surface area contributed by atoms with E-state index >= 15 is 0 Å². The van der Waals surface area contributed by atoms with E-state index in [4.69, 9.17) is 11.6 Å². The molecule has 3 nitrogen and oxygen atoms in total. The van der Waals surface area contributed by atoms with E-state index in [1.165, 1.54) is 16.5 Å². The van der Waals surface area contributed by atoms with Crippen molar-refractivity contribution < 1.29 is 0 Å². The van der Waals surface area contributed by atoms with Crippen LogP contribution in [0, 0.1) is 0 Å². The van der Waals surface area contributed by atoms with Gasteiger partial charge in [-0.25, -0.2) is 0 Å². The van der Waals surface area contributed by atoms with Gasteiger partial charge in [0.25, 0.3) is 0 Å². The monoisotopic (exact) mass is 409 g/mol. The van der Waals surface area contributed by atoms with Crippen molar-refractivity contribution in [2.45, 2.75) is 11.3 Å². The normalized spacial score (nSPS) is 11.6. The van der Waals surface area contributed by atoms with E-state index in [1.54, 1.807) is 11.9 Å². The van der Waals surface area contributed by atoms with Crippen molar-refractivity contribution >= 4 is 50.9 Å². The Morgan fingerprint density at radius 1 is 1.04 bits per heavy atom. The fourth-order valence-corrected chi connectivity index (χ4v) is 4.41. The first-order valence-corrected chi connectivity index (χ1v) is 10.5. The smallest absolute Gasteiger partial charge is 0.0484 e. The summed E-state index contributed by atoms with van der Waals surface area (Å²) in [7, 11) is 6.35. The lowest BCUT2D eigenvalue weighted by atomic mass is 10.1. The summed E-state index contributed by atoms with van der Waals surface area (Å²) in [5.41, 5.74) is 3.77. The molecule has 0 spiro atoms. The van der Waals surface area contributed by atoms with Gasteiger partial charge in [0, 0.05) is 51.7 Å². The molecule has 0 bridgehead atoms. The topological polar surface area (TPSA) is 20.2 Å². The summed E-state index contributed by atoms with van der Waals surface area (Å²) in [6, 6.07) is 19.0. The Morgan fingerprint density at radius 2 is 1.89 bits per heavy atom. The molecule has 0 saturated heterocycles. The molecule has 0 aliphatic carbocycles. The van der Waals surface area contributed by atoms with Crippen LogP contribution in [-0.4, -0.2) is 30.1 Å². The van der Waals surface area contributed by atoms with Gasteiger partial charge >= 0.3 is 0 Å². The Morgan fingerprint density at radius 3 is 2.71 bits per heavy atom. The Kier molecular flexibility index (Phi) is 5.54. The zero-order chi connectivity index (χ0) is 19.7. The second-order valence-corrected chi connectivity index (χ2v) is 8.66. The lowest BCUT2D eigenvalue weighted by Gasteiger charge is -2.09. The molecule has 28 heavy (non-hydrogen) atoms. The average Bonchev–Trinajstić information content (AvgIpc) is 3.00. The number of nitrogens with zero attached hydrogens (tertiary/aromatic N) is 2. The molecule has 0 unspecified atom stereocenters. The summed E-state index contributed by atoms with van der Waals surface area (Å²) in [6.45, 7) is 1.05. The van der Waals surface area contributed by atoms with Gasteiger partial charge < -0.3 is 14.2 Å². The predicted molar refractivity (Wildman–Crippen MR) is 124 cm³/mol. The first-order valence-electron chi connectivity index (χ1n) is 9.35. The van der Waals surface area contributed by atoms with Crippen molar-refractivity contribution in [2.24, 2.45) is 7.05 Å². The van der Waals surface area contributed by atoms with Crippen LogP contribution in [0.1, 0.15) is 5.56 Å². The standard InChI is InChI=1S/C23H24ClN3S/c1-26(2)12-11-17-15-27(3)23-10-7-18(14-21(17)23)25-28-19-8-9-20-16(13-19)5-4-6-22(20)24/h4-10,13-15,25H,11-12H2,1-3H3. The highest BCUT2D eigenvalue weighted by molar-refractivity contribution is 8.00. The van der Waals surface area contributed by atoms with Crippen LogP contribution in [0.2, 0.25) is 5.02 Å². The maximum atomic E-state index is 6.27. The van der Waals surface area contributed by atoms with E-state index in [0.717, 1.165) is 39.3 Å². The fourth-order valence-electron chi connectivity index (χ4n) is 3.48. The van der Waals surface area contributed by atoms with Gasteiger partial charge in [0.15, 0.2) is 0 Å². The summed E-state index contributed by atoms with van der Waals surface area (Å²) < 4.78 is 5.71. The van der Waals surface area contributed by atoms with Gasteiger partial charge in [0.1, 0.15) is 0 Å². The molecule has 0 fully saturated rings. The lowest BCUT2D eigenvalue weighted by Crippen LogP contribution is -2.14. The second-order valence-electron chi connectivity index (χ2n) is 7.38. The molecule has 144 valence electrons. The molecule has 0 aliphatic rings. The average molecular weight is 410 g/mol. The zero-order valence-electron chi connectivity index (χ0n) is 16.4. The molecule has 3 aromatic carbocycles. The highest BCUT2D eigenvalue weighted by Crippen LogP contribution is 2.30. The molecule has 1 N–H and O–H groups in total. The van der Waals surface area contributed by atoms with Crippen LogP contribution in [0.5, 0.6) is 0 Å².